The quantitative estimate of drug-likeness (QED) is 0.658. The zero-order chi connectivity index (χ0) is 14.1. The molecule has 1 rings (SSSR count). The van der Waals surface area contributed by atoms with Gasteiger partial charge in [-0.15, -0.1) is 6.42 Å². The van der Waals surface area contributed by atoms with Crippen LogP contribution in [0.5, 0.6) is 0 Å². The Bertz CT molecular complexity index is 621. The fraction of sp³-hybridized carbons (Fsp3) is 0.273. The van der Waals surface area contributed by atoms with Gasteiger partial charge in [0.05, 0.1) is 11.2 Å². The molecular weight excluding hydrogens is 279 g/mol. The molecule has 0 aliphatic rings. The van der Waals surface area contributed by atoms with E-state index in [1.807, 2.05) is 0 Å². The highest BCUT2D eigenvalue weighted by Gasteiger charge is 2.28. The Morgan fingerprint density at radius 2 is 2.06 bits per heavy atom. The standard InChI is InChI=1S/C11H12ClFN2O2S/c1-4-11(2,3)15-18(16,17)9-6-7(12)5-8(14)10(9)13/h1,5-6,15H,14H2,2-3H3. The lowest BCUT2D eigenvalue weighted by Crippen LogP contribution is -2.42. The van der Waals surface area contributed by atoms with Crippen molar-refractivity contribution in [3.8, 4) is 12.3 Å². The van der Waals surface area contributed by atoms with Crippen LogP contribution in [0.2, 0.25) is 5.02 Å². The van der Waals surface area contributed by atoms with Gasteiger partial charge in [-0.2, -0.15) is 4.72 Å². The maximum Gasteiger partial charge on any atom is 0.244 e. The molecule has 0 aliphatic heterocycles. The molecule has 1 aromatic carbocycles. The van der Waals surface area contributed by atoms with Crippen LogP contribution >= 0.6 is 11.6 Å². The monoisotopic (exact) mass is 290 g/mol. The van der Waals surface area contributed by atoms with Crippen LogP contribution in [-0.4, -0.2) is 14.0 Å². The summed E-state index contributed by atoms with van der Waals surface area (Å²) in [5, 5.41) is 0.0211. The van der Waals surface area contributed by atoms with Gasteiger partial charge < -0.3 is 5.73 Å². The van der Waals surface area contributed by atoms with Crippen molar-refractivity contribution in [3.05, 3.63) is 23.0 Å². The van der Waals surface area contributed by atoms with Crippen molar-refractivity contribution in [2.45, 2.75) is 24.3 Å². The molecule has 0 saturated heterocycles. The molecular formula is C11H12ClFN2O2S. The van der Waals surface area contributed by atoms with Crippen molar-refractivity contribution in [2.75, 3.05) is 5.73 Å². The molecule has 18 heavy (non-hydrogen) atoms. The maximum absolute atomic E-state index is 13.7. The van der Waals surface area contributed by atoms with Crippen LogP contribution in [0.4, 0.5) is 10.1 Å². The summed E-state index contributed by atoms with van der Waals surface area (Å²) in [6.45, 7) is 2.94. The maximum atomic E-state index is 13.7. The fourth-order valence-electron chi connectivity index (χ4n) is 1.20. The lowest BCUT2D eigenvalue weighted by molar-refractivity contribution is 0.527. The number of nitrogens with one attached hydrogen (secondary N) is 1. The Balaban J connectivity index is 3.35. The highest BCUT2D eigenvalue weighted by molar-refractivity contribution is 7.89. The van der Waals surface area contributed by atoms with E-state index in [1.54, 1.807) is 0 Å². The summed E-state index contributed by atoms with van der Waals surface area (Å²) in [7, 11) is -4.14. The van der Waals surface area contributed by atoms with Gasteiger partial charge in [-0.1, -0.05) is 17.5 Å². The van der Waals surface area contributed by atoms with Gasteiger partial charge in [0, 0.05) is 5.02 Å². The van der Waals surface area contributed by atoms with Crippen LogP contribution in [0, 0.1) is 18.2 Å². The molecule has 0 bridgehead atoms. The molecule has 0 aliphatic carbocycles. The molecule has 0 spiro atoms. The van der Waals surface area contributed by atoms with Crippen LogP contribution in [-0.2, 0) is 10.0 Å². The summed E-state index contributed by atoms with van der Waals surface area (Å²) < 4.78 is 39.8. The molecule has 0 saturated carbocycles. The summed E-state index contributed by atoms with van der Waals surface area (Å²) in [6.07, 6.45) is 5.17. The predicted octanol–water partition coefficient (Wildman–Crippen LogP) is 1.75. The van der Waals surface area contributed by atoms with E-state index in [1.165, 1.54) is 13.8 Å². The Morgan fingerprint density at radius 3 is 2.56 bits per heavy atom. The van der Waals surface area contributed by atoms with Crippen molar-refractivity contribution in [1.29, 1.82) is 0 Å². The fourth-order valence-corrected chi connectivity index (χ4v) is 2.97. The summed E-state index contributed by atoms with van der Waals surface area (Å²) in [4.78, 5) is -0.629. The Morgan fingerprint density at radius 1 is 1.50 bits per heavy atom. The highest BCUT2D eigenvalue weighted by Crippen LogP contribution is 2.25. The second-order valence-electron chi connectivity index (χ2n) is 4.18. The lowest BCUT2D eigenvalue weighted by atomic mass is 10.1. The summed E-state index contributed by atoms with van der Waals surface area (Å²) in [6, 6.07) is 2.10. The number of halogens is 2. The molecule has 7 heteroatoms. The molecule has 0 unspecified atom stereocenters. The second-order valence-corrected chi connectivity index (χ2v) is 6.27. The first kappa shape index (κ1) is 14.8. The number of nitrogen functional groups attached to an aromatic ring is 1. The van der Waals surface area contributed by atoms with Gasteiger partial charge in [0.2, 0.25) is 10.0 Å². The summed E-state index contributed by atoms with van der Waals surface area (Å²) >= 11 is 5.65. The minimum atomic E-state index is -4.14. The summed E-state index contributed by atoms with van der Waals surface area (Å²) in [5.74, 6) is 1.18. The van der Waals surface area contributed by atoms with Crippen LogP contribution in [0.25, 0.3) is 0 Å². The molecule has 0 amide bonds. The van der Waals surface area contributed by atoms with Crippen LogP contribution < -0.4 is 10.5 Å². The highest BCUT2D eigenvalue weighted by atomic mass is 35.5. The zero-order valence-corrected chi connectivity index (χ0v) is 11.4. The molecule has 0 radical (unpaired) electrons. The number of nitrogens with two attached hydrogens (primary N) is 1. The average Bonchev–Trinajstić information content (AvgIpc) is 2.21. The summed E-state index contributed by atoms with van der Waals surface area (Å²) in [5.41, 5.74) is 3.83. The molecule has 4 nitrogen and oxygen atoms in total. The van der Waals surface area contributed by atoms with E-state index in [0.717, 1.165) is 12.1 Å². The average molecular weight is 291 g/mol. The van der Waals surface area contributed by atoms with Gasteiger partial charge in [0.15, 0.2) is 5.82 Å². The van der Waals surface area contributed by atoms with E-state index in [2.05, 4.69) is 10.6 Å². The number of benzene rings is 1. The van der Waals surface area contributed by atoms with Gasteiger partial charge in [-0.3, -0.25) is 0 Å². The Kier molecular flexibility index (Phi) is 3.91. The molecule has 0 heterocycles. The predicted molar refractivity (Wildman–Crippen MR) is 69.1 cm³/mol. The van der Waals surface area contributed by atoms with Crippen molar-refractivity contribution < 1.29 is 12.8 Å². The molecule has 0 aromatic heterocycles. The molecule has 98 valence electrons. The zero-order valence-electron chi connectivity index (χ0n) is 9.79. The van der Waals surface area contributed by atoms with Gasteiger partial charge in [0.1, 0.15) is 4.90 Å². The minimum Gasteiger partial charge on any atom is -0.396 e. The molecule has 0 atom stereocenters. The van der Waals surface area contributed by atoms with E-state index >= 15 is 0 Å². The Labute approximate surface area is 110 Å². The third-order valence-corrected chi connectivity index (χ3v) is 3.95. The van der Waals surface area contributed by atoms with Crippen molar-refractivity contribution in [2.24, 2.45) is 0 Å². The first-order valence-electron chi connectivity index (χ1n) is 4.85. The largest absolute Gasteiger partial charge is 0.396 e. The topological polar surface area (TPSA) is 72.2 Å². The molecule has 1 aromatic rings. The van der Waals surface area contributed by atoms with Crippen molar-refractivity contribution in [1.82, 2.24) is 4.72 Å². The first-order valence-corrected chi connectivity index (χ1v) is 6.71. The van der Waals surface area contributed by atoms with Gasteiger partial charge in [-0.25, -0.2) is 12.8 Å². The third kappa shape index (κ3) is 3.13. The van der Waals surface area contributed by atoms with Crippen molar-refractivity contribution in [3.63, 3.8) is 0 Å². The van der Waals surface area contributed by atoms with Crippen LogP contribution in [0.15, 0.2) is 17.0 Å². The van der Waals surface area contributed by atoms with E-state index < -0.39 is 26.3 Å². The molecule has 0 fully saturated rings. The molecule has 3 N–H and O–H groups in total. The van der Waals surface area contributed by atoms with E-state index in [-0.39, 0.29) is 10.7 Å². The van der Waals surface area contributed by atoms with Crippen molar-refractivity contribution >= 4 is 27.3 Å². The lowest BCUT2D eigenvalue weighted by Gasteiger charge is -2.20. The number of hydrogen-bond acceptors (Lipinski definition) is 3. The SMILES string of the molecule is C#CC(C)(C)NS(=O)(=O)c1cc(Cl)cc(N)c1F. The number of rotatable bonds is 3. The van der Waals surface area contributed by atoms with Gasteiger partial charge >= 0.3 is 0 Å². The van der Waals surface area contributed by atoms with E-state index in [0.29, 0.717) is 0 Å². The first-order chi connectivity index (χ1) is 8.09. The van der Waals surface area contributed by atoms with Crippen LogP contribution in [0.3, 0.4) is 0 Å². The normalized spacial score (nSPS) is 12.2. The van der Waals surface area contributed by atoms with Gasteiger partial charge in [-0.05, 0) is 26.0 Å². The number of terminal acetylenes is 1. The number of sulfonamides is 1. The second kappa shape index (κ2) is 4.76. The van der Waals surface area contributed by atoms with E-state index in [9.17, 15) is 12.8 Å². The van der Waals surface area contributed by atoms with Gasteiger partial charge in [0.25, 0.3) is 0 Å². The minimum absolute atomic E-state index is 0.0211. The Hall–Kier alpha value is -1.29. The smallest absolute Gasteiger partial charge is 0.244 e. The number of hydrogen-bond donors (Lipinski definition) is 2. The van der Waals surface area contributed by atoms with Crippen LogP contribution in [0.1, 0.15) is 13.8 Å². The van der Waals surface area contributed by atoms with E-state index in [4.69, 9.17) is 23.8 Å². The third-order valence-electron chi connectivity index (χ3n) is 2.07. The number of anilines is 1.